The van der Waals surface area contributed by atoms with Crippen molar-refractivity contribution in [3.8, 4) is 0 Å². The maximum Gasteiger partial charge on any atom is -1.00 e. The fourth-order valence-corrected chi connectivity index (χ4v) is 10.5. The Balaban J connectivity index is 0.00000113. The van der Waals surface area contributed by atoms with E-state index in [0.29, 0.717) is 0 Å². The molecule has 0 aromatic carbocycles. The normalized spacial score (nSPS) is 33.8. The molecule has 0 aromatic rings. The summed E-state index contributed by atoms with van der Waals surface area (Å²) in [4.78, 5) is 0. The molecule has 25 heavy (non-hydrogen) atoms. The molecule has 4 rings (SSSR count). The minimum atomic E-state index is -0.408. The first kappa shape index (κ1) is 21.7. The third-order valence-corrected chi connectivity index (χ3v) is 11.4. The van der Waals surface area contributed by atoms with Gasteiger partial charge in [-0.25, -0.2) is 0 Å². The number of halogens is 2. The largest absolute Gasteiger partial charge is 1.00 e. The molecule has 0 heterocycles. The molecular formula is C22H30Cl2Zr. The Morgan fingerprint density at radius 1 is 0.600 bits per heavy atom. The SMILES string of the molecule is C1=CC2CCCCC[CH]([Zr+2][CH]3CCCCCC4C=CC=C43)C2=C1.[Cl-].[Cl-]. The van der Waals surface area contributed by atoms with Crippen molar-refractivity contribution in [3.63, 3.8) is 0 Å². The Bertz CT molecular complexity index is 498. The number of fused-ring (bicyclic) bond motifs is 2. The zero-order valence-electron chi connectivity index (χ0n) is 15.1. The first-order chi connectivity index (χ1) is 11.4. The Hall–Kier alpha value is 0.423. The monoisotopic (exact) mass is 454 g/mol. The molecule has 0 aromatic heterocycles. The van der Waals surface area contributed by atoms with Gasteiger partial charge >= 0.3 is 154 Å². The van der Waals surface area contributed by atoms with E-state index < -0.39 is 23.2 Å². The van der Waals surface area contributed by atoms with Crippen LogP contribution in [0.15, 0.2) is 47.6 Å². The first-order valence-corrected chi connectivity index (χ1v) is 12.8. The molecule has 0 spiro atoms. The smallest absolute Gasteiger partial charge is 1.00 e. The van der Waals surface area contributed by atoms with E-state index in [2.05, 4.69) is 36.5 Å². The molecule has 0 aliphatic heterocycles. The van der Waals surface area contributed by atoms with E-state index in [-0.39, 0.29) is 24.8 Å². The second-order valence-electron chi connectivity index (χ2n) is 7.86. The summed E-state index contributed by atoms with van der Waals surface area (Å²) in [6.07, 6.45) is 29.5. The molecule has 0 N–H and O–H groups in total. The summed E-state index contributed by atoms with van der Waals surface area (Å²) in [5.74, 6) is 1.64. The molecule has 2 fully saturated rings. The first-order valence-electron chi connectivity index (χ1n) is 9.94. The number of rotatable bonds is 2. The van der Waals surface area contributed by atoms with Gasteiger partial charge in [-0.15, -0.1) is 0 Å². The average molecular weight is 457 g/mol. The molecule has 4 atom stereocenters. The van der Waals surface area contributed by atoms with Crippen molar-refractivity contribution < 1.29 is 48.0 Å². The molecule has 4 unspecified atom stereocenters. The summed E-state index contributed by atoms with van der Waals surface area (Å²) >= 11 is -0.408. The van der Waals surface area contributed by atoms with Crippen LogP contribution in [0.25, 0.3) is 0 Å². The van der Waals surface area contributed by atoms with Crippen molar-refractivity contribution >= 4 is 0 Å². The summed E-state index contributed by atoms with van der Waals surface area (Å²) in [6.45, 7) is 0. The number of allylic oxidation sites excluding steroid dienone is 8. The van der Waals surface area contributed by atoms with Crippen LogP contribution in [0.1, 0.15) is 64.2 Å². The van der Waals surface area contributed by atoms with Crippen molar-refractivity contribution in [2.75, 3.05) is 0 Å². The van der Waals surface area contributed by atoms with E-state index in [1.54, 1.807) is 0 Å². The van der Waals surface area contributed by atoms with Crippen LogP contribution in [0.4, 0.5) is 0 Å². The zero-order valence-corrected chi connectivity index (χ0v) is 19.1. The molecular weight excluding hydrogens is 426 g/mol. The van der Waals surface area contributed by atoms with Gasteiger partial charge in [-0.1, -0.05) is 0 Å². The number of hydrogen-bond acceptors (Lipinski definition) is 0. The van der Waals surface area contributed by atoms with E-state index in [1.165, 1.54) is 64.2 Å². The minimum Gasteiger partial charge on any atom is -1.00 e. The van der Waals surface area contributed by atoms with Crippen LogP contribution in [0.3, 0.4) is 0 Å². The summed E-state index contributed by atoms with van der Waals surface area (Å²) in [5.41, 5.74) is 3.72. The Kier molecular flexibility index (Phi) is 9.28. The van der Waals surface area contributed by atoms with Gasteiger partial charge in [0.15, 0.2) is 0 Å². The average Bonchev–Trinajstić information content (AvgIpc) is 3.15. The molecule has 0 amide bonds. The molecule has 4 aliphatic carbocycles. The van der Waals surface area contributed by atoms with Crippen LogP contribution in [0.5, 0.6) is 0 Å². The Morgan fingerprint density at radius 2 is 1.04 bits per heavy atom. The molecule has 0 bridgehead atoms. The van der Waals surface area contributed by atoms with Gasteiger partial charge in [0, 0.05) is 0 Å². The van der Waals surface area contributed by atoms with Gasteiger partial charge in [-0.2, -0.15) is 0 Å². The van der Waals surface area contributed by atoms with Crippen molar-refractivity contribution in [3.05, 3.63) is 47.6 Å². The van der Waals surface area contributed by atoms with Crippen molar-refractivity contribution in [2.45, 2.75) is 71.5 Å². The second-order valence-corrected chi connectivity index (χ2v) is 12.1. The molecule has 136 valence electrons. The Labute approximate surface area is 178 Å². The van der Waals surface area contributed by atoms with E-state index >= 15 is 0 Å². The summed E-state index contributed by atoms with van der Waals surface area (Å²) in [5, 5.41) is 0. The van der Waals surface area contributed by atoms with Gasteiger partial charge in [0.1, 0.15) is 0 Å². The van der Waals surface area contributed by atoms with Gasteiger partial charge in [-0.3, -0.25) is 0 Å². The van der Waals surface area contributed by atoms with Crippen LogP contribution >= 0.6 is 0 Å². The quantitative estimate of drug-likeness (QED) is 0.577. The van der Waals surface area contributed by atoms with Crippen LogP contribution in [0, 0.1) is 11.8 Å². The van der Waals surface area contributed by atoms with E-state index in [0.717, 1.165) is 19.1 Å². The van der Waals surface area contributed by atoms with Crippen LogP contribution in [0.2, 0.25) is 7.25 Å². The van der Waals surface area contributed by atoms with Crippen LogP contribution < -0.4 is 24.8 Å². The summed E-state index contributed by atoms with van der Waals surface area (Å²) < 4.78 is 2.04. The van der Waals surface area contributed by atoms with Gasteiger partial charge < -0.3 is 24.8 Å². The molecule has 0 saturated heterocycles. The topological polar surface area (TPSA) is 0 Å². The van der Waals surface area contributed by atoms with Gasteiger partial charge in [0.25, 0.3) is 0 Å². The maximum absolute atomic E-state index is 2.52. The Morgan fingerprint density at radius 3 is 1.52 bits per heavy atom. The van der Waals surface area contributed by atoms with Crippen molar-refractivity contribution in [1.29, 1.82) is 0 Å². The van der Waals surface area contributed by atoms with E-state index in [4.69, 9.17) is 0 Å². The molecule has 4 aliphatic rings. The maximum atomic E-state index is 2.52. The van der Waals surface area contributed by atoms with E-state index in [1.807, 2.05) is 11.1 Å². The van der Waals surface area contributed by atoms with Crippen LogP contribution in [-0.4, -0.2) is 0 Å². The predicted molar refractivity (Wildman–Crippen MR) is 95.1 cm³/mol. The zero-order chi connectivity index (χ0) is 15.5. The molecule has 3 heteroatoms. The fraction of sp³-hybridized carbons (Fsp3) is 0.636. The second kappa shape index (κ2) is 10.7. The van der Waals surface area contributed by atoms with Gasteiger partial charge in [0.05, 0.1) is 0 Å². The minimum absolute atomic E-state index is 0. The predicted octanol–water partition coefficient (Wildman–Crippen LogP) is 0.807. The standard InChI is InChI=1S/2C11H15.2ClH.Zr/c2*1-2-4-7-11-9-5-8-10(11)6-3-1;;;/h2*5-6,8-9,11H,1-4,7H2;2*1H;/q;;;;+2/p-2. The van der Waals surface area contributed by atoms with Gasteiger partial charge in [0.2, 0.25) is 0 Å². The third kappa shape index (κ3) is 5.24. The summed E-state index contributed by atoms with van der Waals surface area (Å²) in [7, 11) is 0. The molecule has 0 nitrogen and oxygen atoms in total. The van der Waals surface area contributed by atoms with Gasteiger partial charge in [-0.05, 0) is 0 Å². The number of hydrogen-bond donors (Lipinski definition) is 0. The van der Waals surface area contributed by atoms with Crippen molar-refractivity contribution in [2.24, 2.45) is 11.8 Å². The summed E-state index contributed by atoms with van der Waals surface area (Å²) in [6, 6.07) is 0. The fourth-order valence-electron chi connectivity index (χ4n) is 5.06. The third-order valence-electron chi connectivity index (χ3n) is 6.34. The van der Waals surface area contributed by atoms with E-state index in [9.17, 15) is 0 Å². The van der Waals surface area contributed by atoms with Crippen LogP contribution in [-0.2, 0) is 23.2 Å². The van der Waals surface area contributed by atoms with Crippen molar-refractivity contribution in [1.82, 2.24) is 0 Å². The molecule has 0 radical (unpaired) electrons. The molecule has 2 saturated carbocycles.